The largest absolute Gasteiger partial charge is 0.444 e. The third-order valence-electron chi connectivity index (χ3n) is 4.72. The van der Waals surface area contributed by atoms with Gasteiger partial charge in [0.15, 0.2) is 0 Å². The zero-order chi connectivity index (χ0) is 20.4. The Morgan fingerprint density at radius 1 is 1.44 bits per heavy atom. The molecular formula is C19H27FN2O5. The molecule has 8 heteroatoms. The lowest BCUT2D eigenvalue weighted by atomic mass is 9.74. The maximum Gasteiger partial charge on any atom is 0.412 e. The van der Waals surface area contributed by atoms with Crippen molar-refractivity contribution in [2.45, 2.75) is 64.3 Å². The van der Waals surface area contributed by atoms with Crippen LogP contribution in [0, 0.1) is 21.8 Å². The van der Waals surface area contributed by atoms with E-state index in [0.717, 1.165) is 4.90 Å². The molecule has 27 heavy (non-hydrogen) atoms. The molecule has 1 saturated heterocycles. The molecule has 0 bridgehead atoms. The number of hydrogen-bond acceptors (Lipinski definition) is 5. The number of nitrogens with zero attached hydrogens (tertiary/aromatic N) is 2. The molecule has 0 unspecified atom stereocenters. The van der Waals surface area contributed by atoms with Crippen LogP contribution >= 0.6 is 0 Å². The number of halogens is 1. The number of carbonyl (C=O) groups excluding carboxylic acids is 1. The van der Waals surface area contributed by atoms with E-state index in [4.69, 9.17) is 4.74 Å². The van der Waals surface area contributed by atoms with Crippen LogP contribution in [-0.4, -0.2) is 45.4 Å². The predicted molar refractivity (Wildman–Crippen MR) is 97.3 cm³/mol. The van der Waals surface area contributed by atoms with Gasteiger partial charge >= 0.3 is 6.09 Å². The molecule has 1 aromatic carbocycles. The first kappa shape index (κ1) is 21.1. The maximum atomic E-state index is 13.7. The van der Waals surface area contributed by atoms with Gasteiger partial charge in [0.1, 0.15) is 17.6 Å². The third-order valence-corrected chi connectivity index (χ3v) is 4.72. The van der Waals surface area contributed by atoms with Crippen LogP contribution in [0.4, 0.5) is 9.18 Å². The minimum atomic E-state index is -1.25. The van der Waals surface area contributed by atoms with E-state index >= 15 is 0 Å². The predicted octanol–water partition coefficient (Wildman–Crippen LogP) is 3.54. The molecule has 7 nitrogen and oxygen atoms in total. The minimum absolute atomic E-state index is 0.301. The SMILES string of the molecule is CCC[C@@H]1[C@@H](c2cccc(F)c2)[C@H]([N+](=O)[O-])CN(C(=O)OC(C)(C)C)[C@@H]1O. The van der Waals surface area contributed by atoms with Gasteiger partial charge in [-0.15, -0.1) is 0 Å². The first-order valence-electron chi connectivity index (χ1n) is 9.11. The smallest absolute Gasteiger partial charge is 0.412 e. The normalized spacial score (nSPS) is 25.9. The summed E-state index contributed by atoms with van der Waals surface area (Å²) in [5, 5.41) is 22.6. The van der Waals surface area contributed by atoms with E-state index in [0.29, 0.717) is 18.4 Å². The highest BCUT2D eigenvalue weighted by molar-refractivity contribution is 5.68. The number of aliphatic hydroxyl groups excluding tert-OH is 1. The number of ether oxygens (including phenoxy) is 1. The van der Waals surface area contributed by atoms with Gasteiger partial charge in [-0.05, 0) is 44.9 Å². The molecule has 150 valence electrons. The van der Waals surface area contributed by atoms with Crippen LogP contribution < -0.4 is 0 Å². The Kier molecular flexibility index (Phi) is 6.41. The van der Waals surface area contributed by atoms with Crippen LogP contribution in [0.1, 0.15) is 52.0 Å². The molecule has 1 N–H and O–H groups in total. The van der Waals surface area contributed by atoms with Crippen molar-refractivity contribution in [3.05, 3.63) is 45.8 Å². The quantitative estimate of drug-likeness (QED) is 0.635. The van der Waals surface area contributed by atoms with Gasteiger partial charge in [-0.25, -0.2) is 9.18 Å². The third kappa shape index (κ3) is 4.94. The monoisotopic (exact) mass is 382 g/mol. The molecule has 1 amide bonds. The van der Waals surface area contributed by atoms with Crippen molar-refractivity contribution in [3.63, 3.8) is 0 Å². The van der Waals surface area contributed by atoms with Crippen LogP contribution in [-0.2, 0) is 4.74 Å². The molecule has 4 atom stereocenters. The van der Waals surface area contributed by atoms with E-state index in [1.165, 1.54) is 18.2 Å². The first-order chi connectivity index (χ1) is 12.5. The van der Waals surface area contributed by atoms with Gasteiger partial charge < -0.3 is 9.84 Å². The summed E-state index contributed by atoms with van der Waals surface area (Å²) in [6, 6.07) is 4.49. The second-order valence-corrected chi connectivity index (χ2v) is 7.93. The van der Waals surface area contributed by atoms with Crippen LogP contribution in [0.15, 0.2) is 24.3 Å². The average Bonchev–Trinajstić information content (AvgIpc) is 2.54. The van der Waals surface area contributed by atoms with Crippen LogP contribution in [0.3, 0.4) is 0 Å². The van der Waals surface area contributed by atoms with Gasteiger partial charge in [-0.3, -0.25) is 15.0 Å². The summed E-state index contributed by atoms with van der Waals surface area (Å²) in [5.41, 5.74) is -0.335. The summed E-state index contributed by atoms with van der Waals surface area (Å²) < 4.78 is 19.0. The van der Waals surface area contributed by atoms with E-state index < -0.39 is 46.5 Å². The molecule has 0 aliphatic carbocycles. The summed E-state index contributed by atoms with van der Waals surface area (Å²) in [4.78, 5) is 24.9. The lowest BCUT2D eigenvalue weighted by molar-refractivity contribution is -0.534. The molecular weight excluding hydrogens is 355 g/mol. The van der Waals surface area contributed by atoms with Gasteiger partial charge in [0.25, 0.3) is 0 Å². The Labute approximate surface area is 158 Å². The topological polar surface area (TPSA) is 92.9 Å². The Morgan fingerprint density at radius 3 is 2.63 bits per heavy atom. The van der Waals surface area contributed by atoms with Crippen LogP contribution in [0.25, 0.3) is 0 Å². The summed E-state index contributed by atoms with van der Waals surface area (Å²) in [5.74, 6) is -1.80. The Balaban J connectivity index is 2.43. The highest BCUT2D eigenvalue weighted by Crippen LogP contribution is 2.40. The van der Waals surface area contributed by atoms with Gasteiger partial charge in [0, 0.05) is 10.8 Å². The van der Waals surface area contributed by atoms with E-state index in [1.54, 1.807) is 26.8 Å². The number of hydrogen-bond donors (Lipinski definition) is 1. The molecule has 1 aliphatic heterocycles. The van der Waals surface area contributed by atoms with Crippen molar-refractivity contribution >= 4 is 6.09 Å². The molecule has 1 aromatic rings. The van der Waals surface area contributed by atoms with Crippen molar-refractivity contribution < 1.29 is 24.0 Å². The summed E-state index contributed by atoms with van der Waals surface area (Å²) in [7, 11) is 0. The molecule has 2 rings (SSSR count). The van der Waals surface area contributed by atoms with E-state index in [1.807, 2.05) is 6.92 Å². The number of rotatable bonds is 4. The van der Waals surface area contributed by atoms with E-state index in [-0.39, 0.29) is 6.54 Å². The highest BCUT2D eigenvalue weighted by atomic mass is 19.1. The van der Waals surface area contributed by atoms with E-state index in [9.17, 15) is 24.4 Å². The number of benzene rings is 1. The van der Waals surface area contributed by atoms with Crippen LogP contribution in [0.5, 0.6) is 0 Å². The lowest BCUT2D eigenvalue weighted by Gasteiger charge is -2.44. The fraction of sp³-hybridized carbons (Fsp3) is 0.632. The fourth-order valence-electron chi connectivity index (χ4n) is 3.67. The number of piperidine rings is 1. The Hall–Kier alpha value is -2.22. The molecule has 0 spiro atoms. The van der Waals surface area contributed by atoms with Crippen molar-refractivity contribution in [3.8, 4) is 0 Å². The van der Waals surface area contributed by atoms with Crippen molar-refractivity contribution in [2.24, 2.45) is 5.92 Å². The van der Waals surface area contributed by atoms with E-state index in [2.05, 4.69) is 0 Å². The number of nitro groups is 1. The number of amides is 1. The van der Waals surface area contributed by atoms with Gasteiger partial charge in [-0.2, -0.15) is 0 Å². The highest BCUT2D eigenvalue weighted by Gasteiger charge is 2.51. The molecule has 0 radical (unpaired) electrons. The maximum absolute atomic E-state index is 13.7. The van der Waals surface area contributed by atoms with Crippen molar-refractivity contribution in [1.29, 1.82) is 0 Å². The van der Waals surface area contributed by atoms with Gasteiger partial charge in [0.2, 0.25) is 6.04 Å². The Bertz CT molecular complexity index is 691. The molecule has 0 saturated carbocycles. The number of carbonyl (C=O) groups is 1. The second kappa shape index (κ2) is 8.21. The zero-order valence-electron chi connectivity index (χ0n) is 16.1. The zero-order valence-corrected chi connectivity index (χ0v) is 16.1. The number of aliphatic hydroxyl groups is 1. The summed E-state index contributed by atoms with van der Waals surface area (Å²) in [6.07, 6.45) is -0.934. The minimum Gasteiger partial charge on any atom is -0.444 e. The standard InChI is InChI=1S/C19H27FN2O5/c1-5-7-14-16(12-8-6-9-13(20)10-12)15(22(25)26)11-21(17(14)23)18(24)27-19(2,3)4/h6,8-10,14-17,23H,5,7,11H2,1-4H3/t14-,15-,16-,17-/m1/s1. The van der Waals surface area contributed by atoms with Crippen molar-refractivity contribution in [2.75, 3.05) is 6.54 Å². The molecule has 1 aliphatic rings. The molecule has 1 heterocycles. The van der Waals surface area contributed by atoms with Crippen LogP contribution in [0.2, 0.25) is 0 Å². The van der Waals surface area contributed by atoms with Crippen molar-refractivity contribution in [1.82, 2.24) is 4.90 Å². The summed E-state index contributed by atoms with van der Waals surface area (Å²) in [6.45, 7) is 6.65. The first-order valence-corrected chi connectivity index (χ1v) is 9.11. The average molecular weight is 382 g/mol. The Morgan fingerprint density at radius 2 is 2.11 bits per heavy atom. The molecule has 1 fully saturated rings. The second-order valence-electron chi connectivity index (χ2n) is 7.93. The molecule has 0 aromatic heterocycles. The summed E-state index contributed by atoms with van der Waals surface area (Å²) >= 11 is 0. The number of likely N-dealkylation sites (tertiary alicyclic amines) is 1. The van der Waals surface area contributed by atoms with Gasteiger partial charge in [-0.1, -0.05) is 25.5 Å². The lowest BCUT2D eigenvalue weighted by Crippen LogP contribution is -2.59. The van der Waals surface area contributed by atoms with Gasteiger partial charge in [0.05, 0.1) is 12.5 Å². The fourth-order valence-corrected chi connectivity index (χ4v) is 3.67.